The van der Waals surface area contributed by atoms with Gasteiger partial charge in [0.25, 0.3) is 0 Å². The van der Waals surface area contributed by atoms with E-state index in [1.807, 2.05) is 0 Å². The first-order valence-corrected chi connectivity index (χ1v) is 7.27. The lowest BCUT2D eigenvalue weighted by molar-refractivity contribution is -0.158. The summed E-state index contributed by atoms with van der Waals surface area (Å²) in [5.41, 5.74) is 0.640. The maximum absolute atomic E-state index is 12.6. The molecule has 8 heteroatoms. The normalized spacial score (nSPS) is 22.0. The third kappa shape index (κ3) is 3.85. The molecule has 3 atom stereocenters. The lowest BCUT2D eigenvalue weighted by atomic mass is 9.98. The van der Waals surface area contributed by atoms with Gasteiger partial charge in [0.2, 0.25) is 5.91 Å². The second kappa shape index (κ2) is 6.91. The number of nitrogens with zero attached hydrogens (tertiary/aromatic N) is 2. The maximum Gasteiger partial charge on any atom is 0.417 e. The molecule has 1 aliphatic rings. The Labute approximate surface area is 136 Å². The van der Waals surface area contributed by atoms with Crippen molar-refractivity contribution in [1.29, 1.82) is 5.26 Å². The van der Waals surface area contributed by atoms with Crippen molar-refractivity contribution in [2.24, 2.45) is 5.92 Å². The van der Waals surface area contributed by atoms with Crippen LogP contribution in [0.2, 0.25) is 0 Å². The lowest BCUT2D eigenvalue weighted by Crippen LogP contribution is -2.42. The van der Waals surface area contributed by atoms with E-state index in [9.17, 15) is 22.8 Å². The Morgan fingerprint density at radius 2 is 2.00 bits per heavy atom. The molecule has 5 nitrogen and oxygen atoms in total. The molecule has 0 unspecified atom stereocenters. The van der Waals surface area contributed by atoms with Crippen LogP contribution < -0.4 is 0 Å². The Morgan fingerprint density at radius 1 is 1.38 bits per heavy atom. The van der Waals surface area contributed by atoms with Gasteiger partial charge in [0.15, 0.2) is 0 Å². The summed E-state index contributed by atoms with van der Waals surface area (Å²) in [7, 11) is 0. The van der Waals surface area contributed by atoms with E-state index >= 15 is 0 Å². The van der Waals surface area contributed by atoms with Crippen LogP contribution in [0.4, 0.5) is 18.0 Å². The molecular formula is C16H15F3N2O3. The van der Waals surface area contributed by atoms with Gasteiger partial charge in [0.1, 0.15) is 6.10 Å². The number of carbonyl (C=O) groups excluding carboxylic acids is 2. The summed E-state index contributed by atoms with van der Waals surface area (Å²) < 4.78 is 43.0. The molecule has 1 aromatic rings. The fourth-order valence-electron chi connectivity index (χ4n) is 2.68. The molecule has 1 saturated heterocycles. The van der Waals surface area contributed by atoms with Crippen molar-refractivity contribution in [2.45, 2.75) is 38.1 Å². The van der Waals surface area contributed by atoms with E-state index in [1.54, 1.807) is 36.4 Å². The van der Waals surface area contributed by atoms with Gasteiger partial charge < -0.3 is 4.74 Å². The molecule has 0 N–H and O–H groups in total. The van der Waals surface area contributed by atoms with E-state index in [0.717, 1.165) is 0 Å². The van der Waals surface area contributed by atoms with Gasteiger partial charge in [0.05, 0.1) is 24.4 Å². The highest BCUT2D eigenvalue weighted by atomic mass is 19.4. The van der Waals surface area contributed by atoms with Crippen molar-refractivity contribution in [2.75, 3.05) is 0 Å². The molecule has 1 aromatic carbocycles. The summed E-state index contributed by atoms with van der Waals surface area (Å²) in [6.45, 7) is 1.53. The minimum Gasteiger partial charge on any atom is -0.439 e. The molecular weight excluding hydrogens is 325 g/mol. The zero-order valence-electron chi connectivity index (χ0n) is 12.8. The second-order valence-electron chi connectivity index (χ2n) is 5.54. The molecule has 2 rings (SSSR count). The van der Waals surface area contributed by atoms with Crippen LogP contribution in [-0.2, 0) is 9.53 Å². The van der Waals surface area contributed by atoms with E-state index in [-0.39, 0.29) is 0 Å². The van der Waals surface area contributed by atoms with Gasteiger partial charge in [-0.3, -0.25) is 4.79 Å². The van der Waals surface area contributed by atoms with Crippen LogP contribution in [0.5, 0.6) is 0 Å². The molecule has 24 heavy (non-hydrogen) atoms. The second-order valence-corrected chi connectivity index (χ2v) is 5.54. The number of amides is 2. The predicted molar refractivity (Wildman–Crippen MR) is 76.4 cm³/mol. The predicted octanol–water partition coefficient (Wildman–Crippen LogP) is 3.58. The molecule has 1 fully saturated rings. The third-order valence-corrected chi connectivity index (χ3v) is 3.80. The number of carbonyl (C=O) groups is 2. The lowest BCUT2D eigenvalue weighted by Gasteiger charge is -2.23. The van der Waals surface area contributed by atoms with E-state index in [1.165, 1.54) is 6.92 Å². The molecule has 1 aliphatic heterocycles. The Hall–Kier alpha value is -2.56. The zero-order valence-corrected chi connectivity index (χ0v) is 12.8. The van der Waals surface area contributed by atoms with Gasteiger partial charge in [-0.2, -0.15) is 18.4 Å². The van der Waals surface area contributed by atoms with E-state index in [4.69, 9.17) is 10.00 Å². The Kier molecular flexibility index (Phi) is 5.12. The van der Waals surface area contributed by atoms with Gasteiger partial charge in [-0.05, 0) is 12.5 Å². The highest BCUT2D eigenvalue weighted by molar-refractivity contribution is 5.95. The fraction of sp³-hybridized carbons (Fsp3) is 0.438. The van der Waals surface area contributed by atoms with Crippen molar-refractivity contribution in [1.82, 2.24) is 4.90 Å². The van der Waals surface area contributed by atoms with Gasteiger partial charge in [-0.1, -0.05) is 30.3 Å². The first-order chi connectivity index (χ1) is 11.2. The number of halogens is 3. The average molecular weight is 340 g/mol. The number of imide groups is 1. The summed E-state index contributed by atoms with van der Waals surface area (Å²) in [5, 5.41) is 8.68. The minimum atomic E-state index is -4.61. The smallest absolute Gasteiger partial charge is 0.417 e. The van der Waals surface area contributed by atoms with Crippen molar-refractivity contribution >= 4 is 12.0 Å². The van der Waals surface area contributed by atoms with Crippen LogP contribution in [0.25, 0.3) is 0 Å². The molecule has 2 amide bonds. The number of hydrogen-bond acceptors (Lipinski definition) is 4. The first-order valence-electron chi connectivity index (χ1n) is 7.27. The van der Waals surface area contributed by atoms with Crippen molar-refractivity contribution < 1.29 is 27.5 Å². The molecule has 0 bridgehead atoms. The van der Waals surface area contributed by atoms with Crippen LogP contribution in [0.1, 0.15) is 31.4 Å². The standard InChI is InChI=1S/C16H15F3N2O3/c1-10-13(11-5-3-2-4-6-11)24-15(23)21(10)14(22)12(7-8-20)9-16(17,18)19/h2-6,10,12-13H,7,9H2,1H3/t10-,12-,13-/m1/s1. The van der Waals surface area contributed by atoms with Gasteiger partial charge >= 0.3 is 12.3 Å². The molecule has 0 aliphatic carbocycles. The fourth-order valence-corrected chi connectivity index (χ4v) is 2.68. The van der Waals surface area contributed by atoms with Crippen LogP contribution in [0, 0.1) is 17.2 Å². The first kappa shape index (κ1) is 17.8. The summed E-state index contributed by atoms with van der Waals surface area (Å²) in [4.78, 5) is 25.1. The monoisotopic (exact) mass is 340 g/mol. The number of nitriles is 1. The zero-order chi connectivity index (χ0) is 17.9. The van der Waals surface area contributed by atoms with Gasteiger partial charge in [-0.15, -0.1) is 0 Å². The summed E-state index contributed by atoms with van der Waals surface area (Å²) in [5.74, 6) is -2.66. The number of alkyl halides is 3. The highest BCUT2D eigenvalue weighted by Gasteiger charge is 2.47. The number of hydrogen-bond donors (Lipinski definition) is 0. The van der Waals surface area contributed by atoms with Crippen molar-refractivity contribution in [3.8, 4) is 6.07 Å². The molecule has 0 spiro atoms. The number of rotatable bonds is 4. The molecule has 1 heterocycles. The largest absolute Gasteiger partial charge is 0.439 e. The molecule has 0 radical (unpaired) electrons. The van der Waals surface area contributed by atoms with Crippen LogP contribution in [-0.4, -0.2) is 29.1 Å². The Balaban J connectivity index is 2.22. The maximum atomic E-state index is 12.6. The minimum absolute atomic E-state index is 0.620. The Morgan fingerprint density at radius 3 is 2.54 bits per heavy atom. The highest BCUT2D eigenvalue weighted by Crippen LogP contribution is 2.35. The molecule has 0 saturated carbocycles. The quantitative estimate of drug-likeness (QED) is 0.840. The SMILES string of the molecule is C[C@@H]1[C@H](c2ccccc2)OC(=O)N1C(=O)[C@H](CC#N)CC(F)(F)F. The van der Waals surface area contributed by atoms with E-state index in [0.29, 0.717) is 10.5 Å². The topological polar surface area (TPSA) is 70.4 Å². The molecule has 0 aromatic heterocycles. The van der Waals surface area contributed by atoms with Crippen molar-refractivity contribution in [3.05, 3.63) is 35.9 Å². The van der Waals surface area contributed by atoms with Gasteiger partial charge in [-0.25, -0.2) is 9.69 Å². The van der Waals surface area contributed by atoms with Crippen LogP contribution in [0.3, 0.4) is 0 Å². The number of cyclic esters (lactones) is 1. The number of benzene rings is 1. The summed E-state index contributed by atoms with van der Waals surface area (Å²) in [6.07, 6.45) is -8.43. The summed E-state index contributed by atoms with van der Waals surface area (Å²) >= 11 is 0. The van der Waals surface area contributed by atoms with Gasteiger partial charge in [0, 0.05) is 6.42 Å². The number of ether oxygens (including phenoxy) is 1. The van der Waals surface area contributed by atoms with Crippen LogP contribution >= 0.6 is 0 Å². The molecule has 128 valence electrons. The van der Waals surface area contributed by atoms with Crippen LogP contribution in [0.15, 0.2) is 30.3 Å². The van der Waals surface area contributed by atoms with E-state index < -0.39 is 49.1 Å². The third-order valence-electron chi connectivity index (χ3n) is 3.80. The summed E-state index contributed by atoms with van der Waals surface area (Å²) in [6, 6.07) is 9.42. The average Bonchev–Trinajstić information content (AvgIpc) is 2.81. The van der Waals surface area contributed by atoms with E-state index in [2.05, 4.69) is 0 Å². The van der Waals surface area contributed by atoms with Crippen molar-refractivity contribution in [3.63, 3.8) is 0 Å². The Bertz CT molecular complexity index is 655.